The number of nitrogens with one attached hydrogen (secondary N) is 2. The minimum Gasteiger partial charge on any atom is -0.423 e. The lowest BCUT2D eigenvalue weighted by molar-refractivity contribution is -0.115. The second-order valence-electron chi connectivity index (χ2n) is 5.22. The standard InChI is InChI=1S/C17H12ClN3O2/c18-11-5-6-15-14(8-11)20-17(23-15)21-16(22)7-10-9-19-13-4-2-1-3-12(10)13/h1-6,8-9,19H,7H2,(H,20,21,22). The molecule has 0 bridgehead atoms. The summed E-state index contributed by atoms with van der Waals surface area (Å²) in [5.74, 6) is -0.188. The van der Waals surface area contributed by atoms with Gasteiger partial charge in [-0.05, 0) is 29.8 Å². The van der Waals surface area contributed by atoms with Crippen molar-refractivity contribution in [2.45, 2.75) is 6.42 Å². The number of nitrogens with zero attached hydrogens (tertiary/aromatic N) is 1. The number of amides is 1. The van der Waals surface area contributed by atoms with Gasteiger partial charge in [0.15, 0.2) is 5.58 Å². The minimum atomic E-state index is -0.188. The van der Waals surface area contributed by atoms with Gasteiger partial charge in [-0.1, -0.05) is 29.8 Å². The van der Waals surface area contributed by atoms with Gasteiger partial charge in [0.25, 0.3) is 0 Å². The highest BCUT2D eigenvalue weighted by molar-refractivity contribution is 6.31. The molecule has 5 nitrogen and oxygen atoms in total. The number of anilines is 1. The lowest BCUT2D eigenvalue weighted by Crippen LogP contribution is -2.14. The van der Waals surface area contributed by atoms with Gasteiger partial charge in [-0.2, -0.15) is 4.98 Å². The molecule has 0 unspecified atom stereocenters. The SMILES string of the molecule is O=C(Cc1c[nH]c2ccccc12)Nc1nc2cc(Cl)ccc2o1. The first kappa shape index (κ1) is 13.8. The highest BCUT2D eigenvalue weighted by Gasteiger charge is 2.12. The summed E-state index contributed by atoms with van der Waals surface area (Å²) in [4.78, 5) is 19.6. The molecular weight excluding hydrogens is 314 g/mol. The van der Waals surface area contributed by atoms with Gasteiger partial charge in [0, 0.05) is 22.1 Å². The maximum Gasteiger partial charge on any atom is 0.302 e. The van der Waals surface area contributed by atoms with Crippen LogP contribution in [0.25, 0.3) is 22.0 Å². The second kappa shape index (κ2) is 5.44. The lowest BCUT2D eigenvalue weighted by atomic mass is 10.1. The summed E-state index contributed by atoms with van der Waals surface area (Å²) < 4.78 is 5.49. The number of rotatable bonds is 3. The Morgan fingerprint density at radius 3 is 3.04 bits per heavy atom. The molecular formula is C17H12ClN3O2. The number of aromatic nitrogens is 2. The van der Waals surface area contributed by atoms with Gasteiger partial charge in [0.1, 0.15) is 5.52 Å². The number of carbonyl (C=O) groups excluding carboxylic acids is 1. The van der Waals surface area contributed by atoms with E-state index in [-0.39, 0.29) is 18.3 Å². The van der Waals surface area contributed by atoms with Crippen molar-refractivity contribution >= 4 is 45.5 Å². The molecule has 1 amide bonds. The van der Waals surface area contributed by atoms with Crippen LogP contribution in [0.15, 0.2) is 53.1 Å². The van der Waals surface area contributed by atoms with Crippen LogP contribution < -0.4 is 5.32 Å². The molecule has 0 spiro atoms. The lowest BCUT2D eigenvalue weighted by Gasteiger charge is -2.00. The molecule has 0 saturated heterocycles. The first-order valence-electron chi connectivity index (χ1n) is 7.10. The van der Waals surface area contributed by atoms with E-state index in [2.05, 4.69) is 15.3 Å². The Balaban J connectivity index is 1.54. The van der Waals surface area contributed by atoms with Crippen LogP contribution in [0.1, 0.15) is 5.56 Å². The number of halogens is 1. The fraction of sp³-hybridized carbons (Fsp3) is 0.0588. The molecule has 0 atom stereocenters. The molecule has 4 aromatic rings. The second-order valence-corrected chi connectivity index (χ2v) is 5.65. The summed E-state index contributed by atoms with van der Waals surface area (Å²) in [6.45, 7) is 0. The van der Waals surface area contributed by atoms with Crippen LogP contribution in [0.4, 0.5) is 6.01 Å². The highest BCUT2D eigenvalue weighted by atomic mass is 35.5. The maximum atomic E-state index is 12.2. The van der Waals surface area contributed by atoms with E-state index >= 15 is 0 Å². The number of para-hydroxylation sites is 1. The average molecular weight is 326 g/mol. The number of benzene rings is 2. The molecule has 0 aliphatic carbocycles. The van der Waals surface area contributed by atoms with Crippen molar-refractivity contribution in [2.75, 3.05) is 5.32 Å². The van der Waals surface area contributed by atoms with Gasteiger partial charge in [-0.25, -0.2) is 0 Å². The third kappa shape index (κ3) is 2.66. The molecule has 2 N–H and O–H groups in total. The fourth-order valence-electron chi connectivity index (χ4n) is 2.57. The van der Waals surface area contributed by atoms with Crippen LogP contribution in [-0.2, 0) is 11.2 Å². The van der Waals surface area contributed by atoms with Gasteiger partial charge in [0.2, 0.25) is 5.91 Å². The van der Waals surface area contributed by atoms with Gasteiger partial charge in [-0.3, -0.25) is 10.1 Å². The van der Waals surface area contributed by atoms with Crippen molar-refractivity contribution < 1.29 is 9.21 Å². The van der Waals surface area contributed by atoms with Gasteiger partial charge < -0.3 is 9.40 Å². The highest BCUT2D eigenvalue weighted by Crippen LogP contribution is 2.23. The molecule has 0 saturated carbocycles. The third-order valence-electron chi connectivity index (χ3n) is 3.62. The quantitative estimate of drug-likeness (QED) is 0.594. The number of hydrogen-bond acceptors (Lipinski definition) is 3. The molecule has 2 aromatic carbocycles. The van der Waals surface area contributed by atoms with Crippen LogP contribution in [0.5, 0.6) is 0 Å². The number of carbonyl (C=O) groups is 1. The van der Waals surface area contributed by atoms with Gasteiger partial charge in [-0.15, -0.1) is 0 Å². The first-order valence-corrected chi connectivity index (χ1v) is 7.48. The molecule has 23 heavy (non-hydrogen) atoms. The van der Waals surface area contributed by atoms with Crippen LogP contribution in [0.2, 0.25) is 5.02 Å². The van der Waals surface area contributed by atoms with E-state index in [0.29, 0.717) is 16.1 Å². The van der Waals surface area contributed by atoms with Crippen LogP contribution in [0.3, 0.4) is 0 Å². The molecule has 0 radical (unpaired) electrons. The van der Waals surface area contributed by atoms with Crippen molar-refractivity contribution in [3.8, 4) is 0 Å². The molecule has 6 heteroatoms. The van der Waals surface area contributed by atoms with Crippen molar-refractivity contribution in [3.05, 3.63) is 59.2 Å². The molecule has 114 valence electrons. The van der Waals surface area contributed by atoms with E-state index in [1.165, 1.54) is 0 Å². The normalized spacial score (nSPS) is 11.2. The van der Waals surface area contributed by atoms with Crippen LogP contribution in [0, 0.1) is 0 Å². The Kier molecular flexibility index (Phi) is 3.28. The summed E-state index contributed by atoms with van der Waals surface area (Å²) in [5, 5.41) is 4.29. The summed E-state index contributed by atoms with van der Waals surface area (Å²) in [6, 6.07) is 13.2. The van der Waals surface area contributed by atoms with E-state index in [9.17, 15) is 4.79 Å². The van der Waals surface area contributed by atoms with E-state index in [1.807, 2.05) is 30.5 Å². The maximum absolute atomic E-state index is 12.2. The van der Waals surface area contributed by atoms with Crippen molar-refractivity contribution in [1.29, 1.82) is 0 Å². The number of hydrogen-bond donors (Lipinski definition) is 2. The first-order chi connectivity index (χ1) is 11.2. The zero-order valence-electron chi connectivity index (χ0n) is 12.0. The third-order valence-corrected chi connectivity index (χ3v) is 3.86. The summed E-state index contributed by atoms with van der Waals surface area (Å²) in [7, 11) is 0. The van der Waals surface area contributed by atoms with Crippen LogP contribution in [-0.4, -0.2) is 15.9 Å². The number of H-pyrrole nitrogens is 1. The number of fused-ring (bicyclic) bond motifs is 2. The molecule has 2 heterocycles. The van der Waals surface area contributed by atoms with Crippen LogP contribution >= 0.6 is 11.6 Å². The van der Waals surface area contributed by atoms with E-state index in [0.717, 1.165) is 16.5 Å². The smallest absolute Gasteiger partial charge is 0.302 e. The van der Waals surface area contributed by atoms with Gasteiger partial charge in [0.05, 0.1) is 6.42 Å². The predicted octanol–water partition coefficient (Wildman–Crippen LogP) is 4.14. The Labute approximate surface area is 136 Å². The monoisotopic (exact) mass is 325 g/mol. The average Bonchev–Trinajstić information content (AvgIpc) is 3.11. The van der Waals surface area contributed by atoms with Crippen molar-refractivity contribution in [2.24, 2.45) is 0 Å². The zero-order chi connectivity index (χ0) is 15.8. The number of aromatic amines is 1. The Morgan fingerprint density at radius 1 is 1.26 bits per heavy atom. The Morgan fingerprint density at radius 2 is 2.13 bits per heavy atom. The molecule has 0 fully saturated rings. The van der Waals surface area contributed by atoms with Crippen molar-refractivity contribution in [3.63, 3.8) is 0 Å². The van der Waals surface area contributed by atoms with E-state index < -0.39 is 0 Å². The Bertz CT molecular complexity index is 1020. The number of oxazole rings is 1. The summed E-state index contributed by atoms with van der Waals surface area (Å²) in [6.07, 6.45) is 2.08. The molecule has 0 aliphatic heterocycles. The summed E-state index contributed by atoms with van der Waals surface area (Å²) in [5.41, 5.74) is 3.13. The van der Waals surface area contributed by atoms with E-state index in [4.69, 9.17) is 16.0 Å². The zero-order valence-corrected chi connectivity index (χ0v) is 12.7. The molecule has 0 aliphatic rings. The minimum absolute atomic E-state index is 0.173. The topological polar surface area (TPSA) is 70.9 Å². The largest absolute Gasteiger partial charge is 0.423 e. The van der Waals surface area contributed by atoms with Gasteiger partial charge >= 0.3 is 6.01 Å². The molecule has 4 rings (SSSR count). The van der Waals surface area contributed by atoms with E-state index in [1.54, 1.807) is 18.2 Å². The predicted molar refractivity (Wildman–Crippen MR) is 89.7 cm³/mol. The fourth-order valence-corrected chi connectivity index (χ4v) is 2.73. The van der Waals surface area contributed by atoms with Crippen molar-refractivity contribution in [1.82, 2.24) is 9.97 Å². The summed E-state index contributed by atoms with van der Waals surface area (Å²) >= 11 is 5.91. The molecule has 2 aromatic heterocycles. The Hall–Kier alpha value is -2.79.